The van der Waals surface area contributed by atoms with Crippen LogP contribution in [-0.2, 0) is 25.6 Å². The fourth-order valence-corrected chi connectivity index (χ4v) is 1.80. The van der Waals surface area contributed by atoms with Crippen LogP contribution in [0.3, 0.4) is 0 Å². The molecule has 12 heteroatoms. The average Bonchev–Trinajstić information content (AvgIpc) is 3.09. The van der Waals surface area contributed by atoms with Crippen LogP contribution in [0.15, 0.2) is 12.5 Å². The number of aromatic amines is 1. The lowest BCUT2D eigenvalue weighted by Crippen LogP contribution is -2.52. The predicted octanol–water partition coefficient (Wildman–Crippen LogP) is -3.93. The van der Waals surface area contributed by atoms with E-state index in [1.807, 2.05) is 5.32 Å². The summed E-state index contributed by atoms with van der Waals surface area (Å²) in [5, 5.41) is 24.3. The number of aliphatic hydroxyl groups excluding tert-OH is 1. The van der Waals surface area contributed by atoms with Gasteiger partial charge in [-0.05, 0) is 0 Å². The van der Waals surface area contributed by atoms with E-state index in [-0.39, 0.29) is 13.0 Å². The second kappa shape index (κ2) is 10.00. The number of carboxylic acids is 1. The summed E-state index contributed by atoms with van der Waals surface area (Å²) in [5.74, 6) is -3.44. The van der Waals surface area contributed by atoms with E-state index in [1.165, 1.54) is 12.5 Å². The third kappa shape index (κ3) is 6.97. The molecule has 0 aliphatic heterocycles. The Kier molecular flexibility index (Phi) is 8.02. The van der Waals surface area contributed by atoms with E-state index in [9.17, 15) is 19.2 Å². The molecule has 1 aromatic heterocycles. The standard InChI is InChI=1S/C13H20N6O6/c14-2-10(21)18-8(1-7-3-15-6-17-7)12(23)16-4-11(22)19-9(5-20)13(24)25/h3,6,8-9,20H,1-2,4-5,14H2,(H,15,17)(H,16,23)(H,18,21)(H,19,22)(H,24,25). The van der Waals surface area contributed by atoms with Gasteiger partial charge in [-0.25, -0.2) is 9.78 Å². The van der Waals surface area contributed by atoms with E-state index in [0.29, 0.717) is 5.69 Å². The first-order valence-corrected chi connectivity index (χ1v) is 7.24. The van der Waals surface area contributed by atoms with E-state index in [1.54, 1.807) is 0 Å². The van der Waals surface area contributed by atoms with E-state index in [4.69, 9.17) is 15.9 Å². The molecular formula is C13H20N6O6. The third-order valence-electron chi connectivity index (χ3n) is 3.06. The summed E-state index contributed by atoms with van der Waals surface area (Å²) in [5.41, 5.74) is 5.78. The SMILES string of the molecule is NCC(=O)NC(Cc1cnc[nH]1)C(=O)NCC(=O)NC(CO)C(=O)O. The van der Waals surface area contributed by atoms with Gasteiger partial charge in [0.2, 0.25) is 17.7 Å². The molecule has 2 unspecified atom stereocenters. The zero-order chi connectivity index (χ0) is 18.8. The van der Waals surface area contributed by atoms with Gasteiger partial charge in [0, 0.05) is 18.3 Å². The Morgan fingerprint density at radius 3 is 2.40 bits per heavy atom. The van der Waals surface area contributed by atoms with Crippen LogP contribution in [-0.4, -0.2) is 75.7 Å². The summed E-state index contributed by atoms with van der Waals surface area (Å²) in [7, 11) is 0. The van der Waals surface area contributed by atoms with Gasteiger partial charge in [-0.15, -0.1) is 0 Å². The van der Waals surface area contributed by atoms with Gasteiger partial charge in [0.15, 0.2) is 0 Å². The molecule has 0 saturated carbocycles. The molecule has 8 N–H and O–H groups in total. The fourth-order valence-electron chi connectivity index (χ4n) is 1.80. The lowest BCUT2D eigenvalue weighted by atomic mass is 10.1. The highest BCUT2D eigenvalue weighted by Crippen LogP contribution is 1.99. The molecule has 2 atom stereocenters. The van der Waals surface area contributed by atoms with Crippen LogP contribution >= 0.6 is 0 Å². The normalized spacial score (nSPS) is 12.7. The molecule has 138 valence electrons. The molecule has 1 rings (SSSR count). The van der Waals surface area contributed by atoms with Crippen LogP contribution in [0.2, 0.25) is 0 Å². The van der Waals surface area contributed by atoms with E-state index in [0.717, 1.165) is 0 Å². The number of hydrogen-bond donors (Lipinski definition) is 7. The maximum absolute atomic E-state index is 12.2. The van der Waals surface area contributed by atoms with Crippen LogP contribution in [0.5, 0.6) is 0 Å². The Morgan fingerprint density at radius 1 is 1.20 bits per heavy atom. The molecule has 0 radical (unpaired) electrons. The van der Waals surface area contributed by atoms with Crippen molar-refractivity contribution in [3.63, 3.8) is 0 Å². The number of aromatic nitrogens is 2. The Morgan fingerprint density at radius 2 is 1.88 bits per heavy atom. The Hall–Kier alpha value is -2.99. The number of aliphatic hydroxyl groups is 1. The van der Waals surface area contributed by atoms with Crippen molar-refractivity contribution in [1.29, 1.82) is 0 Å². The zero-order valence-electron chi connectivity index (χ0n) is 13.2. The molecule has 25 heavy (non-hydrogen) atoms. The molecule has 1 aromatic rings. The first kappa shape index (κ1) is 20.1. The third-order valence-corrected chi connectivity index (χ3v) is 3.06. The van der Waals surface area contributed by atoms with Crippen LogP contribution in [0.1, 0.15) is 5.69 Å². The number of imidazole rings is 1. The highest BCUT2D eigenvalue weighted by molar-refractivity contribution is 5.92. The van der Waals surface area contributed by atoms with Crippen LogP contribution in [0, 0.1) is 0 Å². The van der Waals surface area contributed by atoms with Gasteiger partial charge < -0.3 is 36.9 Å². The highest BCUT2D eigenvalue weighted by atomic mass is 16.4. The Bertz CT molecular complexity index is 604. The van der Waals surface area contributed by atoms with Crippen LogP contribution in [0.4, 0.5) is 0 Å². The molecule has 1 heterocycles. The Balaban J connectivity index is 2.60. The fraction of sp³-hybridized carbons (Fsp3) is 0.462. The van der Waals surface area contributed by atoms with Gasteiger partial charge in [0.25, 0.3) is 0 Å². The van der Waals surface area contributed by atoms with Crippen molar-refractivity contribution in [2.75, 3.05) is 19.7 Å². The monoisotopic (exact) mass is 356 g/mol. The van der Waals surface area contributed by atoms with Crippen molar-refractivity contribution in [1.82, 2.24) is 25.9 Å². The lowest BCUT2D eigenvalue weighted by molar-refractivity contribution is -0.142. The van der Waals surface area contributed by atoms with Gasteiger partial charge in [0.05, 0.1) is 26.0 Å². The van der Waals surface area contributed by atoms with Gasteiger partial charge in [0.1, 0.15) is 12.1 Å². The summed E-state index contributed by atoms with van der Waals surface area (Å²) in [6.45, 7) is -1.63. The molecule has 0 spiro atoms. The number of aliphatic carboxylic acids is 1. The molecule has 3 amide bonds. The van der Waals surface area contributed by atoms with E-state index >= 15 is 0 Å². The van der Waals surface area contributed by atoms with Gasteiger partial charge in [-0.1, -0.05) is 0 Å². The molecule has 0 aliphatic carbocycles. The summed E-state index contributed by atoms with van der Waals surface area (Å²) < 4.78 is 0. The van der Waals surface area contributed by atoms with Crippen LogP contribution in [0.25, 0.3) is 0 Å². The second-order valence-corrected chi connectivity index (χ2v) is 4.96. The number of carbonyl (C=O) groups is 4. The smallest absolute Gasteiger partial charge is 0.328 e. The average molecular weight is 356 g/mol. The minimum absolute atomic E-state index is 0.0909. The summed E-state index contributed by atoms with van der Waals surface area (Å²) in [6, 6.07) is -2.47. The minimum Gasteiger partial charge on any atom is -0.480 e. The molecule has 0 bridgehead atoms. The lowest BCUT2D eigenvalue weighted by Gasteiger charge is -2.18. The maximum Gasteiger partial charge on any atom is 0.328 e. The van der Waals surface area contributed by atoms with Gasteiger partial charge >= 0.3 is 5.97 Å². The number of nitrogens with zero attached hydrogens (tertiary/aromatic N) is 1. The first-order chi connectivity index (χ1) is 11.9. The van der Waals surface area contributed by atoms with Crippen LogP contribution < -0.4 is 21.7 Å². The number of carbonyl (C=O) groups excluding carboxylic acids is 3. The van der Waals surface area contributed by atoms with E-state index in [2.05, 4.69) is 20.6 Å². The van der Waals surface area contributed by atoms with E-state index < -0.39 is 48.9 Å². The molecule has 0 aliphatic rings. The minimum atomic E-state index is -1.47. The maximum atomic E-state index is 12.2. The largest absolute Gasteiger partial charge is 0.480 e. The highest BCUT2D eigenvalue weighted by Gasteiger charge is 2.23. The summed E-state index contributed by atoms with van der Waals surface area (Å²) in [6.07, 6.45) is 2.97. The number of H-pyrrole nitrogens is 1. The van der Waals surface area contributed by atoms with Crippen molar-refractivity contribution in [3.8, 4) is 0 Å². The first-order valence-electron chi connectivity index (χ1n) is 7.24. The topological polar surface area (TPSA) is 200 Å². The van der Waals surface area contributed by atoms with Crippen molar-refractivity contribution in [3.05, 3.63) is 18.2 Å². The number of nitrogens with two attached hydrogens (primary N) is 1. The summed E-state index contributed by atoms with van der Waals surface area (Å²) >= 11 is 0. The molecule has 12 nitrogen and oxygen atoms in total. The van der Waals surface area contributed by atoms with Gasteiger partial charge in [-0.3, -0.25) is 14.4 Å². The van der Waals surface area contributed by atoms with Gasteiger partial charge in [-0.2, -0.15) is 0 Å². The second-order valence-electron chi connectivity index (χ2n) is 4.96. The zero-order valence-corrected chi connectivity index (χ0v) is 13.2. The number of carboxylic acid groups (broad SMARTS) is 1. The van der Waals surface area contributed by atoms with Crippen molar-refractivity contribution in [2.24, 2.45) is 5.73 Å². The number of hydrogen-bond acceptors (Lipinski definition) is 7. The molecular weight excluding hydrogens is 336 g/mol. The van der Waals surface area contributed by atoms with Crippen molar-refractivity contribution in [2.45, 2.75) is 18.5 Å². The summed E-state index contributed by atoms with van der Waals surface area (Å²) in [4.78, 5) is 52.5. The Labute approximate surface area is 142 Å². The number of amides is 3. The van der Waals surface area contributed by atoms with Crippen molar-refractivity contribution < 1.29 is 29.4 Å². The number of rotatable bonds is 10. The quantitative estimate of drug-likeness (QED) is 0.220. The van der Waals surface area contributed by atoms with Crippen molar-refractivity contribution >= 4 is 23.7 Å². The molecule has 0 aromatic carbocycles. The predicted molar refractivity (Wildman–Crippen MR) is 82.9 cm³/mol. The molecule has 0 fully saturated rings. The number of nitrogens with one attached hydrogen (secondary N) is 4. The molecule has 0 saturated heterocycles.